The number of hydrogen-bond donors (Lipinski definition) is 0. The maximum absolute atomic E-state index is 2.41. The zero-order valence-corrected chi connectivity index (χ0v) is 27.6. The second-order valence-corrected chi connectivity index (χ2v) is 10.9. The van der Waals surface area contributed by atoms with Crippen LogP contribution in [0, 0.1) is 0 Å². The van der Waals surface area contributed by atoms with Gasteiger partial charge in [0, 0.05) is 12.1 Å². The number of aromatic nitrogens is 2. The van der Waals surface area contributed by atoms with Crippen LogP contribution in [-0.2, 0) is 26.9 Å². The van der Waals surface area contributed by atoms with E-state index in [1.165, 1.54) is 55.2 Å². The van der Waals surface area contributed by atoms with E-state index in [0.29, 0.717) is 11.8 Å². The maximum Gasteiger partial charge on any atom is 0.193 e. The summed E-state index contributed by atoms with van der Waals surface area (Å²) in [5.41, 5.74) is 8.35. The molecule has 0 N–H and O–H groups in total. The van der Waals surface area contributed by atoms with Gasteiger partial charge in [0.1, 0.15) is 14.1 Å². The summed E-state index contributed by atoms with van der Waals surface area (Å²) in [6.45, 7) is 9.17. The number of rotatable bonds is 6. The fourth-order valence-electron chi connectivity index (χ4n) is 5.66. The van der Waals surface area contributed by atoms with E-state index >= 15 is 0 Å². The first-order chi connectivity index (χ1) is 17.3. The predicted molar refractivity (Wildman–Crippen MR) is 150 cm³/mol. The highest BCUT2D eigenvalue weighted by atomic mass is 127. The minimum Gasteiger partial charge on any atom is -1.00 e. The standard InChI is InChI=1S/C34H38N2.2HI/c1-23(2)29-14-8-12-27-16-18-35(5)31(33(27)29)21-25-10-7-11-26(20-25)22-32-34-28(17-19-36(32)6)13-9-15-30(34)24(3)4;;/h7-20,23-24H,21-22H2,1-6H3;2*1H/q+2;;/p-2. The van der Waals surface area contributed by atoms with Crippen molar-refractivity contribution in [3.05, 3.63) is 119 Å². The molecule has 0 aliphatic carbocycles. The lowest BCUT2D eigenvalue weighted by Crippen LogP contribution is -3.00. The van der Waals surface area contributed by atoms with E-state index in [1.807, 2.05) is 0 Å². The average molecular weight is 729 g/mol. The molecule has 5 rings (SSSR count). The number of benzene rings is 3. The molecule has 0 aliphatic rings. The summed E-state index contributed by atoms with van der Waals surface area (Å²) in [6.07, 6.45) is 6.25. The summed E-state index contributed by atoms with van der Waals surface area (Å²) < 4.78 is 4.61. The zero-order valence-electron chi connectivity index (χ0n) is 23.3. The van der Waals surface area contributed by atoms with Crippen molar-refractivity contribution in [2.45, 2.75) is 52.4 Å². The summed E-state index contributed by atoms with van der Waals surface area (Å²) in [4.78, 5) is 0. The number of aryl methyl sites for hydroxylation is 2. The van der Waals surface area contributed by atoms with Crippen LogP contribution >= 0.6 is 0 Å². The molecule has 38 heavy (non-hydrogen) atoms. The van der Waals surface area contributed by atoms with Gasteiger partial charge in [0.25, 0.3) is 0 Å². The van der Waals surface area contributed by atoms with Crippen LogP contribution in [0.3, 0.4) is 0 Å². The molecule has 2 heterocycles. The first-order valence-electron chi connectivity index (χ1n) is 13.2. The molecule has 0 amide bonds. The number of fused-ring (bicyclic) bond motifs is 2. The van der Waals surface area contributed by atoms with E-state index in [-0.39, 0.29) is 48.0 Å². The van der Waals surface area contributed by atoms with E-state index in [9.17, 15) is 0 Å². The van der Waals surface area contributed by atoms with Crippen molar-refractivity contribution in [1.82, 2.24) is 0 Å². The maximum atomic E-state index is 2.41. The van der Waals surface area contributed by atoms with Crippen molar-refractivity contribution in [3.63, 3.8) is 0 Å². The van der Waals surface area contributed by atoms with Gasteiger partial charge in [-0.2, -0.15) is 0 Å². The van der Waals surface area contributed by atoms with Gasteiger partial charge >= 0.3 is 0 Å². The molecular formula is C34H38I2N2. The Morgan fingerprint density at radius 2 is 0.947 bits per heavy atom. The van der Waals surface area contributed by atoms with E-state index in [2.05, 4.69) is 136 Å². The largest absolute Gasteiger partial charge is 1.00 e. The molecule has 0 fully saturated rings. The molecule has 0 saturated carbocycles. The third-order valence-electron chi connectivity index (χ3n) is 7.62. The molecule has 5 aromatic rings. The van der Waals surface area contributed by atoms with Crippen LogP contribution in [0.25, 0.3) is 21.5 Å². The van der Waals surface area contributed by atoms with E-state index in [0.717, 1.165) is 12.8 Å². The number of hydrogen-bond acceptors (Lipinski definition) is 0. The molecule has 2 nitrogen and oxygen atoms in total. The number of pyridine rings is 2. The molecule has 0 unspecified atom stereocenters. The van der Waals surface area contributed by atoms with Gasteiger partial charge in [-0.3, -0.25) is 0 Å². The lowest BCUT2D eigenvalue weighted by Gasteiger charge is -2.14. The highest BCUT2D eigenvalue weighted by Crippen LogP contribution is 2.30. The van der Waals surface area contributed by atoms with Gasteiger partial charge in [-0.1, -0.05) is 88.4 Å². The Morgan fingerprint density at radius 1 is 0.553 bits per heavy atom. The molecule has 198 valence electrons. The molecule has 0 atom stereocenters. The fourth-order valence-corrected chi connectivity index (χ4v) is 5.66. The second kappa shape index (κ2) is 12.9. The average Bonchev–Trinajstić information content (AvgIpc) is 2.86. The highest BCUT2D eigenvalue weighted by Gasteiger charge is 2.20. The van der Waals surface area contributed by atoms with Gasteiger partial charge in [0.15, 0.2) is 23.8 Å². The van der Waals surface area contributed by atoms with Crippen molar-refractivity contribution < 1.29 is 57.1 Å². The Morgan fingerprint density at radius 3 is 1.34 bits per heavy atom. The highest BCUT2D eigenvalue weighted by molar-refractivity contribution is 5.88. The lowest BCUT2D eigenvalue weighted by molar-refractivity contribution is -0.677. The zero-order chi connectivity index (χ0) is 25.4. The summed E-state index contributed by atoms with van der Waals surface area (Å²) in [5.74, 6) is 0.977. The first-order valence-corrected chi connectivity index (χ1v) is 13.2. The molecule has 0 aliphatic heterocycles. The topological polar surface area (TPSA) is 7.76 Å². The van der Waals surface area contributed by atoms with Crippen LogP contribution in [-0.4, -0.2) is 0 Å². The Hall–Kier alpha value is -2.06. The predicted octanol–water partition coefficient (Wildman–Crippen LogP) is 1.08. The fraction of sp³-hybridized carbons (Fsp3) is 0.294. The van der Waals surface area contributed by atoms with E-state index in [4.69, 9.17) is 0 Å². The summed E-state index contributed by atoms with van der Waals surface area (Å²) in [5, 5.41) is 5.47. The smallest absolute Gasteiger partial charge is 0.193 e. The third-order valence-corrected chi connectivity index (χ3v) is 7.62. The quantitative estimate of drug-likeness (QED) is 0.183. The summed E-state index contributed by atoms with van der Waals surface area (Å²) in [7, 11) is 4.36. The van der Waals surface area contributed by atoms with Gasteiger partial charge in [0.05, 0.1) is 23.6 Å². The first kappa shape index (κ1) is 30.5. The van der Waals surface area contributed by atoms with Gasteiger partial charge in [-0.05, 0) is 44.9 Å². The molecule has 0 bridgehead atoms. The van der Waals surface area contributed by atoms with E-state index in [1.54, 1.807) is 0 Å². The van der Waals surface area contributed by atoms with Crippen molar-refractivity contribution in [3.8, 4) is 0 Å². The molecule has 4 heteroatoms. The molecule has 0 saturated heterocycles. The molecule has 3 aromatic carbocycles. The van der Waals surface area contributed by atoms with Crippen molar-refractivity contribution in [1.29, 1.82) is 0 Å². The van der Waals surface area contributed by atoms with Crippen molar-refractivity contribution in [2.75, 3.05) is 0 Å². The number of halogens is 2. The third kappa shape index (κ3) is 6.06. The molecule has 2 aromatic heterocycles. The minimum absolute atomic E-state index is 0. The Kier molecular flexibility index (Phi) is 10.3. The SMILES string of the molecule is CC(C)c1cccc2cc[n+](C)c(Cc3cccc(Cc4c5c(C(C)C)cccc5cc[n+]4C)c3)c12.[I-].[I-]. The normalized spacial score (nSPS) is 11.2. The van der Waals surface area contributed by atoms with Crippen LogP contribution in [0.4, 0.5) is 0 Å². The Labute approximate surface area is 262 Å². The van der Waals surface area contributed by atoms with Gasteiger partial charge < -0.3 is 48.0 Å². The van der Waals surface area contributed by atoms with E-state index < -0.39 is 0 Å². The van der Waals surface area contributed by atoms with Gasteiger partial charge in [0.2, 0.25) is 0 Å². The van der Waals surface area contributed by atoms with Crippen LogP contribution in [0.2, 0.25) is 0 Å². The molecule has 0 spiro atoms. The number of nitrogens with zero attached hydrogens (tertiary/aromatic N) is 2. The van der Waals surface area contributed by atoms with Crippen LogP contribution in [0.5, 0.6) is 0 Å². The minimum atomic E-state index is 0. The Balaban J connectivity index is 0.00000200. The van der Waals surface area contributed by atoms with Crippen molar-refractivity contribution in [2.24, 2.45) is 14.1 Å². The van der Waals surface area contributed by atoms with Crippen LogP contribution in [0.15, 0.2) is 85.2 Å². The monoisotopic (exact) mass is 728 g/mol. The van der Waals surface area contributed by atoms with Crippen LogP contribution in [0.1, 0.15) is 73.2 Å². The molecule has 0 radical (unpaired) electrons. The lowest BCUT2D eigenvalue weighted by atomic mass is 9.91. The Bertz CT molecular complexity index is 1460. The van der Waals surface area contributed by atoms with Gasteiger partial charge in [-0.15, -0.1) is 0 Å². The molecular weight excluding hydrogens is 690 g/mol. The van der Waals surface area contributed by atoms with Crippen LogP contribution < -0.4 is 57.1 Å². The van der Waals surface area contributed by atoms with Crippen molar-refractivity contribution >= 4 is 21.5 Å². The van der Waals surface area contributed by atoms with Gasteiger partial charge in [-0.25, -0.2) is 9.13 Å². The second-order valence-electron chi connectivity index (χ2n) is 10.9. The summed E-state index contributed by atoms with van der Waals surface area (Å²) in [6, 6.07) is 27.1. The summed E-state index contributed by atoms with van der Waals surface area (Å²) >= 11 is 0.